The van der Waals surface area contributed by atoms with Gasteiger partial charge in [0, 0.05) is 6.54 Å². The molecule has 2 unspecified atom stereocenters. The Morgan fingerprint density at radius 1 is 1.28 bits per heavy atom. The van der Waals surface area contributed by atoms with Crippen LogP contribution in [0.5, 0.6) is 11.5 Å². The lowest BCUT2D eigenvalue weighted by Crippen LogP contribution is -2.42. The quantitative estimate of drug-likeness (QED) is 0.800. The molecule has 1 aromatic rings. The number of hydrogen-bond donors (Lipinski definition) is 1. The Hall–Kier alpha value is -1.97. The van der Waals surface area contributed by atoms with Gasteiger partial charge in [0.15, 0.2) is 11.5 Å². The SMILES string of the molecule is C=C1C2(C(=O)NCCc3ccc(OC)c(OC)c3)CCC(C2)C1(C)C. The van der Waals surface area contributed by atoms with Gasteiger partial charge in [0.2, 0.25) is 5.91 Å². The molecule has 0 aromatic heterocycles. The van der Waals surface area contributed by atoms with Gasteiger partial charge < -0.3 is 14.8 Å². The minimum Gasteiger partial charge on any atom is -0.493 e. The minimum absolute atomic E-state index is 0.0823. The Bertz CT molecular complexity index is 694. The van der Waals surface area contributed by atoms with E-state index in [1.54, 1.807) is 14.2 Å². The molecule has 1 amide bonds. The van der Waals surface area contributed by atoms with Gasteiger partial charge in [-0.15, -0.1) is 0 Å². The topological polar surface area (TPSA) is 47.6 Å². The van der Waals surface area contributed by atoms with E-state index in [2.05, 4.69) is 25.7 Å². The molecule has 4 nitrogen and oxygen atoms in total. The van der Waals surface area contributed by atoms with Crippen LogP contribution in [0.15, 0.2) is 30.4 Å². The lowest BCUT2D eigenvalue weighted by Gasteiger charge is -2.37. The molecule has 2 atom stereocenters. The maximum atomic E-state index is 12.9. The van der Waals surface area contributed by atoms with E-state index in [4.69, 9.17) is 9.47 Å². The fraction of sp³-hybridized carbons (Fsp3) is 0.571. The standard InChI is InChI=1S/C21H29NO3/c1-14-20(2,3)16-8-10-21(14,13-16)19(23)22-11-9-15-6-7-17(24-4)18(12-15)25-5/h6-7,12,16H,1,8-11,13H2,2-5H3,(H,22,23). The number of ether oxygens (including phenoxy) is 2. The molecule has 4 heteroatoms. The molecule has 0 spiro atoms. The first-order valence-corrected chi connectivity index (χ1v) is 9.04. The van der Waals surface area contributed by atoms with Gasteiger partial charge in [-0.2, -0.15) is 0 Å². The maximum absolute atomic E-state index is 12.9. The first-order valence-electron chi connectivity index (χ1n) is 9.04. The van der Waals surface area contributed by atoms with E-state index in [0.717, 1.165) is 48.3 Å². The number of methoxy groups -OCH3 is 2. The third-order valence-corrected chi connectivity index (χ3v) is 6.47. The predicted molar refractivity (Wildman–Crippen MR) is 99.0 cm³/mol. The Balaban J connectivity index is 1.61. The summed E-state index contributed by atoms with van der Waals surface area (Å²) in [5, 5.41) is 3.15. The molecule has 2 aliphatic carbocycles. The van der Waals surface area contributed by atoms with E-state index in [1.165, 1.54) is 0 Å². The number of carbonyl (C=O) groups excluding carboxylic acids is 1. The van der Waals surface area contributed by atoms with Gasteiger partial charge in [0.25, 0.3) is 0 Å². The predicted octanol–water partition coefficient (Wildman–Crippen LogP) is 3.75. The Labute approximate surface area is 150 Å². The van der Waals surface area contributed by atoms with Crippen molar-refractivity contribution in [2.24, 2.45) is 16.7 Å². The summed E-state index contributed by atoms with van der Waals surface area (Å²) >= 11 is 0. The second-order valence-corrected chi connectivity index (χ2v) is 7.92. The van der Waals surface area contributed by atoms with Crippen molar-refractivity contribution in [1.82, 2.24) is 5.32 Å². The van der Waals surface area contributed by atoms with Crippen molar-refractivity contribution in [2.45, 2.75) is 39.5 Å². The van der Waals surface area contributed by atoms with Gasteiger partial charge in [-0.25, -0.2) is 0 Å². The van der Waals surface area contributed by atoms with Gasteiger partial charge in [0.1, 0.15) is 0 Å². The first kappa shape index (κ1) is 17.8. The molecule has 0 radical (unpaired) electrons. The van der Waals surface area contributed by atoms with Gasteiger partial charge in [-0.1, -0.05) is 32.1 Å². The molecule has 25 heavy (non-hydrogen) atoms. The highest BCUT2D eigenvalue weighted by Crippen LogP contribution is 2.65. The van der Waals surface area contributed by atoms with Crippen molar-refractivity contribution in [3.8, 4) is 11.5 Å². The van der Waals surface area contributed by atoms with Crippen molar-refractivity contribution < 1.29 is 14.3 Å². The summed E-state index contributed by atoms with van der Waals surface area (Å²) in [7, 11) is 3.26. The lowest BCUT2D eigenvalue weighted by molar-refractivity contribution is -0.128. The molecule has 3 rings (SSSR count). The van der Waals surface area contributed by atoms with E-state index in [0.29, 0.717) is 12.5 Å². The Kier molecular flexibility index (Phi) is 4.56. The third kappa shape index (κ3) is 2.82. The van der Waals surface area contributed by atoms with Crippen molar-refractivity contribution in [2.75, 3.05) is 20.8 Å². The number of amides is 1. The van der Waals surface area contributed by atoms with E-state index >= 15 is 0 Å². The summed E-state index contributed by atoms with van der Waals surface area (Å²) in [6.07, 6.45) is 3.81. The van der Waals surface area contributed by atoms with Crippen LogP contribution in [0.2, 0.25) is 0 Å². The highest BCUT2D eigenvalue weighted by Gasteiger charge is 2.60. The van der Waals surface area contributed by atoms with Crippen molar-refractivity contribution in [3.05, 3.63) is 35.9 Å². The number of rotatable bonds is 6. The molecule has 1 aromatic carbocycles. The van der Waals surface area contributed by atoms with Crippen molar-refractivity contribution >= 4 is 5.91 Å². The van der Waals surface area contributed by atoms with Gasteiger partial charge in [0.05, 0.1) is 19.6 Å². The second kappa shape index (κ2) is 6.40. The van der Waals surface area contributed by atoms with Crippen molar-refractivity contribution in [3.63, 3.8) is 0 Å². The number of carbonyl (C=O) groups is 1. The van der Waals surface area contributed by atoms with E-state index < -0.39 is 0 Å². The summed E-state index contributed by atoms with van der Waals surface area (Å²) in [6, 6.07) is 5.87. The summed E-state index contributed by atoms with van der Waals surface area (Å²) < 4.78 is 10.6. The zero-order valence-electron chi connectivity index (χ0n) is 15.8. The first-order chi connectivity index (χ1) is 11.8. The molecule has 2 saturated carbocycles. The fourth-order valence-electron chi connectivity index (χ4n) is 4.67. The molecule has 0 saturated heterocycles. The van der Waals surface area contributed by atoms with E-state index in [1.807, 2.05) is 18.2 Å². The highest BCUT2D eigenvalue weighted by atomic mass is 16.5. The van der Waals surface area contributed by atoms with Crippen LogP contribution in [0.3, 0.4) is 0 Å². The van der Waals surface area contributed by atoms with Crippen LogP contribution in [0.1, 0.15) is 38.7 Å². The second-order valence-electron chi connectivity index (χ2n) is 7.92. The van der Waals surface area contributed by atoms with Crippen molar-refractivity contribution in [1.29, 1.82) is 0 Å². The van der Waals surface area contributed by atoms with Crippen LogP contribution in [0, 0.1) is 16.7 Å². The monoisotopic (exact) mass is 343 g/mol. The average Bonchev–Trinajstić information content (AvgIpc) is 3.14. The lowest BCUT2D eigenvalue weighted by atomic mass is 9.68. The zero-order chi connectivity index (χ0) is 18.2. The van der Waals surface area contributed by atoms with Gasteiger partial charge >= 0.3 is 0 Å². The minimum atomic E-state index is -0.342. The van der Waals surface area contributed by atoms with Crippen LogP contribution in [-0.4, -0.2) is 26.7 Å². The summed E-state index contributed by atoms with van der Waals surface area (Å²) in [5.41, 5.74) is 1.98. The van der Waals surface area contributed by atoms with Crippen LogP contribution in [0.25, 0.3) is 0 Å². The zero-order valence-corrected chi connectivity index (χ0v) is 15.8. The van der Waals surface area contributed by atoms with Crippen LogP contribution < -0.4 is 14.8 Å². The summed E-state index contributed by atoms with van der Waals surface area (Å²) in [6.45, 7) is 9.39. The normalized spacial score (nSPS) is 26.6. The highest BCUT2D eigenvalue weighted by molar-refractivity contribution is 5.87. The van der Waals surface area contributed by atoms with E-state index in [-0.39, 0.29) is 16.7 Å². The molecule has 2 aliphatic rings. The maximum Gasteiger partial charge on any atom is 0.230 e. The molecule has 1 N–H and O–H groups in total. The van der Waals surface area contributed by atoms with Gasteiger partial charge in [-0.3, -0.25) is 4.79 Å². The van der Waals surface area contributed by atoms with E-state index in [9.17, 15) is 4.79 Å². The third-order valence-electron chi connectivity index (χ3n) is 6.47. The Morgan fingerprint density at radius 2 is 2.00 bits per heavy atom. The molecule has 2 fully saturated rings. The summed E-state index contributed by atoms with van der Waals surface area (Å²) in [5.74, 6) is 2.19. The van der Waals surface area contributed by atoms with Crippen LogP contribution in [-0.2, 0) is 11.2 Å². The molecule has 0 aliphatic heterocycles. The number of benzene rings is 1. The molecular weight excluding hydrogens is 314 g/mol. The van der Waals surface area contributed by atoms with Crippen LogP contribution in [0.4, 0.5) is 0 Å². The molecule has 136 valence electrons. The number of hydrogen-bond acceptors (Lipinski definition) is 3. The smallest absolute Gasteiger partial charge is 0.230 e. The average molecular weight is 343 g/mol. The number of nitrogens with one attached hydrogen (secondary N) is 1. The largest absolute Gasteiger partial charge is 0.493 e. The van der Waals surface area contributed by atoms with Gasteiger partial charge in [-0.05, 0) is 54.7 Å². The fourth-order valence-corrected chi connectivity index (χ4v) is 4.67. The molecule has 2 bridgehead atoms. The van der Waals surface area contributed by atoms with Crippen LogP contribution >= 0.6 is 0 Å². The number of fused-ring (bicyclic) bond motifs is 2. The Morgan fingerprint density at radius 3 is 2.60 bits per heavy atom. The molecular formula is C21H29NO3. The summed E-state index contributed by atoms with van der Waals surface area (Å²) in [4.78, 5) is 12.9. The molecule has 0 heterocycles.